The summed E-state index contributed by atoms with van der Waals surface area (Å²) in [6.07, 6.45) is 3.35. The number of hydrogen-bond donors (Lipinski definition) is 2. The highest BCUT2D eigenvalue weighted by atomic mass is 19.1. The van der Waals surface area contributed by atoms with E-state index in [4.69, 9.17) is 20.4 Å². The monoisotopic (exact) mass is 282 g/mol. The molecule has 6 heteroatoms. The molecule has 1 saturated heterocycles. The van der Waals surface area contributed by atoms with Gasteiger partial charge in [-0.05, 0) is 25.3 Å². The highest BCUT2D eigenvalue weighted by Crippen LogP contribution is 2.15. The van der Waals surface area contributed by atoms with Gasteiger partial charge in [0.15, 0.2) is 5.84 Å². The average molecular weight is 282 g/mol. The van der Waals surface area contributed by atoms with Crippen LogP contribution in [0, 0.1) is 5.82 Å². The van der Waals surface area contributed by atoms with Gasteiger partial charge >= 0.3 is 0 Å². The maximum atomic E-state index is 13.8. The van der Waals surface area contributed by atoms with Crippen molar-refractivity contribution in [2.24, 2.45) is 10.9 Å². The van der Waals surface area contributed by atoms with Gasteiger partial charge in [-0.25, -0.2) is 4.39 Å². The molecule has 3 N–H and O–H groups in total. The molecule has 0 aromatic heterocycles. The van der Waals surface area contributed by atoms with Crippen molar-refractivity contribution >= 4 is 5.84 Å². The van der Waals surface area contributed by atoms with Crippen LogP contribution in [0.4, 0.5) is 4.39 Å². The van der Waals surface area contributed by atoms with Gasteiger partial charge in [-0.3, -0.25) is 0 Å². The zero-order valence-electron chi connectivity index (χ0n) is 11.2. The fourth-order valence-electron chi connectivity index (χ4n) is 2.12. The van der Waals surface area contributed by atoms with E-state index in [1.165, 1.54) is 6.07 Å². The predicted molar refractivity (Wildman–Crippen MR) is 72.2 cm³/mol. The van der Waals surface area contributed by atoms with Crippen LogP contribution in [0.1, 0.15) is 30.4 Å². The van der Waals surface area contributed by atoms with Crippen LogP contribution in [0.5, 0.6) is 0 Å². The lowest BCUT2D eigenvalue weighted by Crippen LogP contribution is -2.24. The van der Waals surface area contributed by atoms with E-state index in [1.807, 2.05) is 0 Å². The van der Waals surface area contributed by atoms with Gasteiger partial charge in [0.25, 0.3) is 0 Å². The van der Waals surface area contributed by atoms with Gasteiger partial charge in [-0.1, -0.05) is 17.3 Å². The first-order valence-corrected chi connectivity index (χ1v) is 6.66. The van der Waals surface area contributed by atoms with E-state index in [1.54, 1.807) is 12.1 Å². The third kappa shape index (κ3) is 3.91. The molecule has 1 aliphatic heterocycles. The number of halogens is 1. The molecule has 0 spiro atoms. The van der Waals surface area contributed by atoms with E-state index in [9.17, 15) is 4.39 Å². The van der Waals surface area contributed by atoms with Crippen LogP contribution in [-0.2, 0) is 16.1 Å². The number of nitrogens with two attached hydrogens (primary N) is 1. The van der Waals surface area contributed by atoms with Crippen molar-refractivity contribution in [3.8, 4) is 0 Å². The van der Waals surface area contributed by atoms with Crippen LogP contribution in [0.2, 0.25) is 0 Å². The molecule has 1 unspecified atom stereocenters. The van der Waals surface area contributed by atoms with E-state index in [0.717, 1.165) is 25.9 Å². The lowest BCUT2D eigenvalue weighted by atomic mass is 10.1. The summed E-state index contributed by atoms with van der Waals surface area (Å²) in [4.78, 5) is 0. The van der Waals surface area contributed by atoms with Gasteiger partial charge in [-0.2, -0.15) is 0 Å². The number of ether oxygens (including phenoxy) is 2. The van der Waals surface area contributed by atoms with Gasteiger partial charge in [0, 0.05) is 17.7 Å². The van der Waals surface area contributed by atoms with Crippen molar-refractivity contribution in [3.63, 3.8) is 0 Å². The fraction of sp³-hybridized carbons (Fsp3) is 0.500. The Bertz CT molecular complexity index is 473. The summed E-state index contributed by atoms with van der Waals surface area (Å²) in [6.45, 7) is 1.43. The zero-order chi connectivity index (χ0) is 14.4. The Kier molecular flexibility index (Phi) is 5.31. The maximum absolute atomic E-state index is 13.8. The lowest BCUT2D eigenvalue weighted by Gasteiger charge is -2.22. The molecule has 2 rings (SSSR count). The quantitative estimate of drug-likeness (QED) is 0.375. The first-order chi connectivity index (χ1) is 9.70. The Balaban J connectivity index is 1.86. The minimum Gasteiger partial charge on any atom is -0.409 e. The molecular formula is C14H19FN2O3. The molecule has 1 atom stereocenters. The van der Waals surface area contributed by atoms with Crippen LogP contribution in [-0.4, -0.2) is 30.4 Å². The summed E-state index contributed by atoms with van der Waals surface area (Å²) in [7, 11) is 0. The Morgan fingerprint density at radius 3 is 3.00 bits per heavy atom. The predicted octanol–water partition coefficient (Wildman–Crippen LogP) is 2.01. The molecule has 20 heavy (non-hydrogen) atoms. The van der Waals surface area contributed by atoms with E-state index < -0.39 is 5.82 Å². The standard InChI is InChI=1S/C14H19FN2O3/c15-13-7-10(14(16)17-18)4-5-11(13)8-19-9-12-3-1-2-6-20-12/h4-5,7,12,18H,1-3,6,8-9H2,(H2,16,17). The van der Waals surface area contributed by atoms with Crippen molar-refractivity contribution in [1.29, 1.82) is 0 Å². The van der Waals surface area contributed by atoms with E-state index in [0.29, 0.717) is 17.7 Å². The highest BCUT2D eigenvalue weighted by molar-refractivity contribution is 5.97. The Morgan fingerprint density at radius 1 is 1.50 bits per heavy atom. The molecular weight excluding hydrogens is 263 g/mol. The average Bonchev–Trinajstić information content (AvgIpc) is 2.49. The third-order valence-corrected chi connectivity index (χ3v) is 3.29. The van der Waals surface area contributed by atoms with Crippen molar-refractivity contribution in [2.45, 2.75) is 32.0 Å². The van der Waals surface area contributed by atoms with E-state index in [-0.39, 0.29) is 18.5 Å². The molecule has 1 aromatic carbocycles. The van der Waals surface area contributed by atoms with Crippen molar-refractivity contribution < 1.29 is 19.1 Å². The molecule has 1 fully saturated rings. The Hall–Kier alpha value is -1.66. The molecule has 110 valence electrons. The molecule has 0 amide bonds. The van der Waals surface area contributed by atoms with Crippen molar-refractivity contribution in [3.05, 3.63) is 35.1 Å². The largest absolute Gasteiger partial charge is 0.409 e. The van der Waals surface area contributed by atoms with Gasteiger partial charge in [0.1, 0.15) is 5.82 Å². The minimum atomic E-state index is -0.432. The summed E-state index contributed by atoms with van der Waals surface area (Å²) in [5, 5.41) is 11.4. The topological polar surface area (TPSA) is 77.1 Å². The fourth-order valence-corrected chi connectivity index (χ4v) is 2.12. The zero-order valence-corrected chi connectivity index (χ0v) is 11.2. The number of amidine groups is 1. The number of oxime groups is 1. The smallest absolute Gasteiger partial charge is 0.170 e. The first-order valence-electron chi connectivity index (χ1n) is 6.66. The van der Waals surface area contributed by atoms with Crippen molar-refractivity contribution in [2.75, 3.05) is 13.2 Å². The summed E-state index contributed by atoms with van der Waals surface area (Å²) in [6, 6.07) is 4.39. The molecule has 1 aliphatic rings. The molecule has 0 aliphatic carbocycles. The number of nitrogens with zero attached hydrogens (tertiary/aromatic N) is 1. The SMILES string of the molecule is N/C(=N\O)c1ccc(COCC2CCCCO2)c(F)c1. The van der Waals surface area contributed by atoms with Crippen LogP contribution in [0.25, 0.3) is 0 Å². The maximum Gasteiger partial charge on any atom is 0.170 e. The van der Waals surface area contributed by atoms with E-state index in [2.05, 4.69) is 5.16 Å². The second-order valence-electron chi connectivity index (χ2n) is 4.80. The first kappa shape index (κ1) is 14.7. The second-order valence-corrected chi connectivity index (χ2v) is 4.80. The second kappa shape index (κ2) is 7.21. The molecule has 0 radical (unpaired) electrons. The van der Waals surface area contributed by atoms with Crippen LogP contribution >= 0.6 is 0 Å². The number of benzene rings is 1. The Labute approximate surface area is 117 Å². The van der Waals surface area contributed by atoms with Gasteiger partial charge in [0.2, 0.25) is 0 Å². The van der Waals surface area contributed by atoms with Gasteiger partial charge in [-0.15, -0.1) is 0 Å². The lowest BCUT2D eigenvalue weighted by molar-refractivity contribution is -0.0451. The summed E-state index contributed by atoms with van der Waals surface area (Å²) in [5.41, 5.74) is 6.17. The number of rotatable bonds is 5. The van der Waals surface area contributed by atoms with Crippen molar-refractivity contribution in [1.82, 2.24) is 0 Å². The summed E-state index contributed by atoms with van der Waals surface area (Å²) < 4.78 is 24.8. The molecule has 0 bridgehead atoms. The normalized spacial score (nSPS) is 20.1. The van der Waals surface area contributed by atoms with E-state index >= 15 is 0 Å². The van der Waals surface area contributed by atoms with Gasteiger partial charge in [0.05, 0.1) is 19.3 Å². The highest BCUT2D eigenvalue weighted by Gasteiger charge is 2.14. The Morgan fingerprint density at radius 2 is 2.35 bits per heavy atom. The molecule has 1 heterocycles. The van der Waals surface area contributed by atoms with Crippen LogP contribution in [0.3, 0.4) is 0 Å². The molecule has 5 nitrogen and oxygen atoms in total. The number of hydrogen-bond acceptors (Lipinski definition) is 4. The van der Waals surface area contributed by atoms with Crippen LogP contribution in [0.15, 0.2) is 23.4 Å². The minimum absolute atomic E-state index is 0.114. The summed E-state index contributed by atoms with van der Waals surface area (Å²) in [5.74, 6) is -0.550. The van der Waals surface area contributed by atoms with Gasteiger partial charge < -0.3 is 20.4 Å². The molecule has 1 aromatic rings. The summed E-state index contributed by atoms with van der Waals surface area (Å²) >= 11 is 0. The van der Waals surface area contributed by atoms with Crippen LogP contribution < -0.4 is 5.73 Å². The third-order valence-electron chi connectivity index (χ3n) is 3.29. The molecule has 0 saturated carbocycles.